The Hall–Kier alpha value is -1.56. The summed E-state index contributed by atoms with van der Waals surface area (Å²) in [6.07, 6.45) is 0.464. The lowest BCUT2D eigenvalue weighted by molar-refractivity contribution is -0.137. The summed E-state index contributed by atoms with van der Waals surface area (Å²) >= 11 is 0. The number of alkyl halides is 3. The standard InChI is InChI=1S/C16H20F3NO2/c17-16(18,19)14-9-2-1-8-13(14)15(21)20-10-5-7-12-6-3-4-11-22-12/h1-2,8-9,12H,3-7,10-11H2,(H,20,21)/t12-/m1/s1. The van der Waals surface area contributed by atoms with Gasteiger partial charge in [0.25, 0.3) is 5.91 Å². The fourth-order valence-corrected chi connectivity index (χ4v) is 2.59. The highest BCUT2D eigenvalue weighted by molar-refractivity contribution is 5.95. The van der Waals surface area contributed by atoms with E-state index in [1.165, 1.54) is 18.2 Å². The predicted octanol–water partition coefficient (Wildman–Crippen LogP) is 3.78. The molecule has 0 bridgehead atoms. The van der Waals surface area contributed by atoms with Crippen LogP contribution in [-0.2, 0) is 10.9 Å². The summed E-state index contributed by atoms with van der Waals surface area (Å²) in [6.45, 7) is 1.13. The average Bonchev–Trinajstić information content (AvgIpc) is 2.51. The number of ether oxygens (including phenoxy) is 1. The lowest BCUT2D eigenvalue weighted by Crippen LogP contribution is -2.28. The van der Waals surface area contributed by atoms with Crippen LogP contribution in [0.4, 0.5) is 13.2 Å². The van der Waals surface area contributed by atoms with Gasteiger partial charge in [0.2, 0.25) is 0 Å². The first-order valence-electron chi connectivity index (χ1n) is 7.54. The zero-order valence-corrected chi connectivity index (χ0v) is 12.3. The molecule has 22 heavy (non-hydrogen) atoms. The molecule has 0 unspecified atom stereocenters. The fourth-order valence-electron chi connectivity index (χ4n) is 2.59. The summed E-state index contributed by atoms with van der Waals surface area (Å²) in [5.74, 6) is -0.683. The van der Waals surface area contributed by atoms with Gasteiger partial charge in [-0.15, -0.1) is 0 Å². The van der Waals surface area contributed by atoms with Crippen LogP contribution in [0.5, 0.6) is 0 Å². The van der Waals surface area contributed by atoms with Crippen molar-refractivity contribution in [1.82, 2.24) is 5.32 Å². The zero-order valence-electron chi connectivity index (χ0n) is 12.3. The molecule has 1 aromatic rings. The number of hydrogen-bond acceptors (Lipinski definition) is 2. The van der Waals surface area contributed by atoms with Crippen LogP contribution in [0.1, 0.15) is 48.0 Å². The minimum absolute atomic E-state index is 0.216. The van der Waals surface area contributed by atoms with E-state index in [4.69, 9.17) is 4.74 Å². The molecular formula is C16H20F3NO2. The van der Waals surface area contributed by atoms with Gasteiger partial charge in [-0.2, -0.15) is 13.2 Å². The first-order chi connectivity index (χ1) is 10.5. The number of carbonyl (C=O) groups is 1. The van der Waals surface area contributed by atoms with E-state index in [-0.39, 0.29) is 11.7 Å². The van der Waals surface area contributed by atoms with E-state index >= 15 is 0 Å². The molecule has 1 fully saturated rings. The van der Waals surface area contributed by atoms with Gasteiger partial charge in [-0.25, -0.2) is 0 Å². The van der Waals surface area contributed by atoms with E-state index < -0.39 is 17.6 Å². The van der Waals surface area contributed by atoms with E-state index in [1.807, 2.05) is 0 Å². The predicted molar refractivity (Wildman–Crippen MR) is 76.6 cm³/mol. The van der Waals surface area contributed by atoms with Crippen molar-refractivity contribution in [3.63, 3.8) is 0 Å². The molecule has 0 saturated carbocycles. The highest BCUT2D eigenvalue weighted by Gasteiger charge is 2.34. The number of halogens is 3. The van der Waals surface area contributed by atoms with Crippen LogP contribution in [0.3, 0.4) is 0 Å². The van der Waals surface area contributed by atoms with Crippen molar-refractivity contribution in [2.45, 2.75) is 44.4 Å². The SMILES string of the molecule is O=C(NCCC[C@H]1CCCCO1)c1ccccc1C(F)(F)F. The molecule has 2 rings (SSSR count). The second-order valence-corrected chi connectivity index (χ2v) is 5.43. The van der Waals surface area contributed by atoms with E-state index in [0.717, 1.165) is 38.4 Å². The smallest absolute Gasteiger partial charge is 0.378 e. The molecule has 6 heteroatoms. The Labute approximate surface area is 127 Å². The lowest BCUT2D eigenvalue weighted by atomic mass is 10.0. The Morgan fingerprint density at radius 2 is 2.05 bits per heavy atom. The second-order valence-electron chi connectivity index (χ2n) is 5.43. The number of rotatable bonds is 5. The van der Waals surface area contributed by atoms with Crippen molar-refractivity contribution in [3.8, 4) is 0 Å². The van der Waals surface area contributed by atoms with Crippen molar-refractivity contribution in [1.29, 1.82) is 0 Å². The van der Waals surface area contributed by atoms with Crippen molar-refractivity contribution in [3.05, 3.63) is 35.4 Å². The van der Waals surface area contributed by atoms with Gasteiger partial charge in [0.15, 0.2) is 0 Å². The van der Waals surface area contributed by atoms with Crippen LogP contribution >= 0.6 is 0 Å². The zero-order chi connectivity index (χ0) is 16.0. The van der Waals surface area contributed by atoms with Crippen LogP contribution in [0, 0.1) is 0 Å². The Morgan fingerprint density at radius 3 is 2.73 bits per heavy atom. The molecule has 0 aliphatic carbocycles. The van der Waals surface area contributed by atoms with E-state index in [2.05, 4.69) is 5.32 Å². The highest BCUT2D eigenvalue weighted by Crippen LogP contribution is 2.31. The molecule has 3 nitrogen and oxygen atoms in total. The third-order valence-corrected chi connectivity index (χ3v) is 3.74. The fraction of sp³-hybridized carbons (Fsp3) is 0.562. The van der Waals surface area contributed by atoms with Crippen LogP contribution in [0.15, 0.2) is 24.3 Å². The summed E-state index contributed by atoms with van der Waals surface area (Å²) in [6, 6.07) is 4.83. The van der Waals surface area contributed by atoms with Crippen molar-refractivity contribution in [2.75, 3.05) is 13.2 Å². The molecular weight excluding hydrogens is 295 g/mol. The number of amides is 1. The van der Waals surface area contributed by atoms with Gasteiger partial charge in [-0.3, -0.25) is 4.79 Å². The number of nitrogens with one attached hydrogen (secondary N) is 1. The van der Waals surface area contributed by atoms with Crippen LogP contribution in [0.2, 0.25) is 0 Å². The Morgan fingerprint density at radius 1 is 1.27 bits per heavy atom. The summed E-state index contributed by atoms with van der Waals surface area (Å²) in [5.41, 5.74) is -1.23. The summed E-state index contributed by atoms with van der Waals surface area (Å²) in [7, 11) is 0. The monoisotopic (exact) mass is 315 g/mol. The molecule has 1 saturated heterocycles. The third-order valence-electron chi connectivity index (χ3n) is 3.74. The molecule has 122 valence electrons. The quantitative estimate of drug-likeness (QED) is 0.840. The molecule has 0 radical (unpaired) electrons. The van der Waals surface area contributed by atoms with Gasteiger partial charge < -0.3 is 10.1 Å². The van der Waals surface area contributed by atoms with Gasteiger partial charge in [-0.1, -0.05) is 12.1 Å². The van der Waals surface area contributed by atoms with Crippen molar-refractivity contribution in [2.24, 2.45) is 0 Å². The van der Waals surface area contributed by atoms with Crippen molar-refractivity contribution >= 4 is 5.91 Å². The van der Waals surface area contributed by atoms with Gasteiger partial charge in [0.05, 0.1) is 17.2 Å². The Kier molecular flexibility index (Phi) is 5.83. The Balaban J connectivity index is 1.82. The second kappa shape index (κ2) is 7.63. The number of hydrogen-bond donors (Lipinski definition) is 1. The largest absolute Gasteiger partial charge is 0.417 e. The molecule has 1 heterocycles. The molecule has 0 spiro atoms. The molecule has 0 aromatic heterocycles. The lowest BCUT2D eigenvalue weighted by Gasteiger charge is -2.22. The van der Waals surface area contributed by atoms with Crippen LogP contribution in [0.25, 0.3) is 0 Å². The normalized spacial score (nSPS) is 19.0. The van der Waals surface area contributed by atoms with E-state index in [9.17, 15) is 18.0 Å². The number of carbonyl (C=O) groups excluding carboxylic acids is 1. The van der Waals surface area contributed by atoms with Crippen molar-refractivity contribution < 1.29 is 22.7 Å². The van der Waals surface area contributed by atoms with Gasteiger partial charge >= 0.3 is 6.18 Å². The van der Waals surface area contributed by atoms with Crippen LogP contribution in [-0.4, -0.2) is 25.2 Å². The minimum Gasteiger partial charge on any atom is -0.378 e. The highest BCUT2D eigenvalue weighted by atomic mass is 19.4. The summed E-state index contributed by atoms with van der Waals surface area (Å²) in [5, 5.41) is 2.56. The molecule has 1 aliphatic rings. The topological polar surface area (TPSA) is 38.3 Å². The van der Waals surface area contributed by atoms with Crippen LogP contribution < -0.4 is 5.32 Å². The van der Waals surface area contributed by atoms with E-state index in [0.29, 0.717) is 13.0 Å². The molecule has 1 N–H and O–H groups in total. The Bertz CT molecular complexity index is 496. The summed E-state index contributed by atoms with van der Waals surface area (Å²) in [4.78, 5) is 11.9. The van der Waals surface area contributed by atoms with Gasteiger partial charge in [0, 0.05) is 13.2 Å². The maximum Gasteiger partial charge on any atom is 0.417 e. The first-order valence-corrected chi connectivity index (χ1v) is 7.54. The molecule has 1 aliphatic heterocycles. The van der Waals surface area contributed by atoms with Gasteiger partial charge in [-0.05, 0) is 44.2 Å². The number of benzene rings is 1. The maximum atomic E-state index is 12.8. The molecule has 1 atom stereocenters. The van der Waals surface area contributed by atoms with E-state index in [1.54, 1.807) is 0 Å². The minimum atomic E-state index is -4.52. The third kappa shape index (κ3) is 4.73. The first kappa shape index (κ1) is 16.8. The maximum absolute atomic E-state index is 12.8. The molecule has 1 amide bonds. The average molecular weight is 315 g/mol. The molecule has 1 aromatic carbocycles. The van der Waals surface area contributed by atoms with Gasteiger partial charge in [0.1, 0.15) is 0 Å². The summed E-state index contributed by atoms with van der Waals surface area (Å²) < 4.78 is 44.1.